The van der Waals surface area contributed by atoms with Gasteiger partial charge in [0.15, 0.2) is 0 Å². The van der Waals surface area contributed by atoms with Gasteiger partial charge in [-0.2, -0.15) is 0 Å². The molecule has 2 saturated heterocycles. The van der Waals surface area contributed by atoms with E-state index in [0.717, 1.165) is 63.1 Å². The molecule has 0 bridgehead atoms. The molecular weight excluding hydrogens is 350 g/mol. The Labute approximate surface area is 160 Å². The largest absolute Gasteiger partial charge is 0.342 e. The Hall–Kier alpha value is -1.59. The van der Waals surface area contributed by atoms with Gasteiger partial charge < -0.3 is 10.2 Å². The van der Waals surface area contributed by atoms with Gasteiger partial charge in [0.05, 0.1) is 6.54 Å². The summed E-state index contributed by atoms with van der Waals surface area (Å²) in [6, 6.07) is 5.49. The lowest BCUT2D eigenvalue weighted by Crippen LogP contribution is -2.45. The third kappa shape index (κ3) is 4.98. The number of benzene rings is 1. The van der Waals surface area contributed by atoms with Crippen molar-refractivity contribution < 1.29 is 9.59 Å². The number of hydrogen-bond donors (Lipinski definition) is 1. The first-order valence-corrected chi connectivity index (χ1v) is 9.98. The van der Waals surface area contributed by atoms with Crippen LogP contribution in [0.3, 0.4) is 0 Å². The molecule has 0 radical (unpaired) electrons. The summed E-state index contributed by atoms with van der Waals surface area (Å²) in [6.07, 6.45) is 5.20. The Balaban J connectivity index is 1.45. The number of carbonyl (C=O) groups is 2. The highest BCUT2D eigenvalue weighted by Gasteiger charge is 2.29. The molecule has 0 atom stereocenters. The minimum absolute atomic E-state index is 0.0313. The van der Waals surface area contributed by atoms with Crippen LogP contribution in [0, 0.1) is 12.8 Å². The number of amides is 2. The number of aryl methyl sites for hydroxylation is 1. The van der Waals surface area contributed by atoms with Crippen LogP contribution in [0.15, 0.2) is 18.2 Å². The highest BCUT2D eigenvalue weighted by atomic mass is 35.5. The van der Waals surface area contributed by atoms with E-state index in [4.69, 9.17) is 11.6 Å². The second-order valence-electron chi connectivity index (χ2n) is 7.44. The Bertz CT molecular complexity index is 650. The topological polar surface area (TPSA) is 52.7 Å². The minimum Gasteiger partial charge on any atom is -0.342 e. The maximum atomic E-state index is 12.6. The van der Waals surface area contributed by atoms with Crippen molar-refractivity contribution in [3.8, 4) is 0 Å². The average molecular weight is 378 g/mol. The first-order chi connectivity index (χ1) is 12.5. The Morgan fingerprint density at radius 3 is 2.50 bits per heavy atom. The van der Waals surface area contributed by atoms with Crippen LogP contribution >= 0.6 is 11.6 Å². The van der Waals surface area contributed by atoms with Gasteiger partial charge in [0.25, 0.3) is 0 Å². The monoisotopic (exact) mass is 377 g/mol. The zero-order valence-corrected chi connectivity index (χ0v) is 16.2. The Kier molecular flexibility index (Phi) is 6.54. The van der Waals surface area contributed by atoms with Crippen LogP contribution in [-0.2, 0) is 9.59 Å². The van der Waals surface area contributed by atoms with Crippen molar-refractivity contribution in [2.24, 2.45) is 5.92 Å². The number of carbonyl (C=O) groups excluding carboxylic acids is 2. The fourth-order valence-corrected chi connectivity index (χ4v) is 4.00. The number of halogens is 1. The van der Waals surface area contributed by atoms with E-state index in [2.05, 4.69) is 10.2 Å². The molecule has 0 aliphatic carbocycles. The molecule has 1 N–H and O–H groups in total. The zero-order valence-electron chi connectivity index (χ0n) is 15.5. The van der Waals surface area contributed by atoms with Crippen molar-refractivity contribution in [3.63, 3.8) is 0 Å². The second-order valence-corrected chi connectivity index (χ2v) is 7.88. The standard InChI is InChI=1S/C20H28ClN3O2/c1-15-5-6-17(21)13-18(15)22-19(25)14-23-11-7-16(8-12-23)20(26)24-9-3-2-4-10-24/h5-6,13,16H,2-4,7-12,14H2,1H3,(H,22,25). The molecule has 2 aliphatic rings. The number of likely N-dealkylation sites (tertiary alicyclic amines) is 2. The van der Waals surface area contributed by atoms with E-state index in [-0.39, 0.29) is 11.8 Å². The van der Waals surface area contributed by atoms with E-state index in [1.165, 1.54) is 6.42 Å². The number of hydrogen-bond acceptors (Lipinski definition) is 3. The Morgan fingerprint density at radius 2 is 1.81 bits per heavy atom. The molecule has 0 spiro atoms. The third-order valence-electron chi connectivity index (χ3n) is 5.45. The van der Waals surface area contributed by atoms with Gasteiger partial charge in [-0.25, -0.2) is 0 Å². The smallest absolute Gasteiger partial charge is 0.238 e. The third-order valence-corrected chi connectivity index (χ3v) is 5.68. The normalized spacial score (nSPS) is 19.4. The van der Waals surface area contributed by atoms with Gasteiger partial charge in [0, 0.05) is 29.7 Å². The number of rotatable bonds is 4. The quantitative estimate of drug-likeness (QED) is 0.875. The average Bonchev–Trinajstić information content (AvgIpc) is 2.65. The van der Waals surface area contributed by atoms with Crippen LogP contribution in [-0.4, -0.2) is 54.3 Å². The van der Waals surface area contributed by atoms with Crippen molar-refractivity contribution in [1.29, 1.82) is 0 Å². The Morgan fingerprint density at radius 1 is 1.12 bits per heavy atom. The highest BCUT2D eigenvalue weighted by Crippen LogP contribution is 2.23. The summed E-state index contributed by atoms with van der Waals surface area (Å²) in [7, 11) is 0. The maximum Gasteiger partial charge on any atom is 0.238 e. The van der Waals surface area contributed by atoms with E-state index in [9.17, 15) is 9.59 Å². The van der Waals surface area contributed by atoms with Gasteiger partial charge in [0.2, 0.25) is 11.8 Å². The lowest BCUT2D eigenvalue weighted by molar-refractivity contribution is -0.138. The molecule has 2 fully saturated rings. The minimum atomic E-state index is -0.0313. The molecule has 2 amide bonds. The molecule has 142 valence electrons. The molecular formula is C20H28ClN3O2. The van der Waals surface area contributed by atoms with E-state index >= 15 is 0 Å². The summed E-state index contributed by atoms with van der Waals surface area (Å²) in [5.41, 5.74) is 1.76. The molecule has 3 rings (SSSR count). The molecule has 6 heteroatoms. The lowest BCUT2D eigenvalue weighted by Gasteiger charge is -2.35. The van der Waals surface area contributed by atoms with Crippen molar-refractivity contribution in [2.45, 2.75) is 39.0 Å². The molecule has 2 aliphatic heterocycles. The first-order valence-electron chi connectivity index (χ1n) is 9.60. The fourth-order valence-electron chi connectivity index (χ4n) is 3.83. The van der Waals surface area contributed by atoms with E-state index in [1.54, 1.807) is 6.07 Å². The molecule has 1 aromatic rings. The van der Waals surface area contributed by atoms with E-state index in [1.807, 2.05) is 24.0 Å². The van der Waals surface area contributed by atoms with Gasteiger partial charge in [-0.05, 0) is 69.8 Å². The van der Waals surface area contributed by atoms with Crippen LogP contribution in [0.4, 0.5) is 5.69 Å². The van der Waals surface area contributed by atoms with Crippen LogP contribution in [0.25, 0.3) is 0 Å². The fraction of sp³-hybridized carbons (Fsp3) is 0.600. The van der Waals surface area contributed by atoms with Crippen molar-refractivity contribution >= 4 is 29.1 Å². The van der Waals surface area contributed by atoms with Crippen molar-refractivity contribution in [1.82, 2.24) is 9.80 Å². The van der Waals surface area contributed by atoms with Gasteiger partial charge in [-0.1, -0.05) is 17.7 Å². The summed E-state index contributed by atoms with van der Waals surface area (Å²) in [5.74, 6) is 0.419. The second kappa shape index (κ2) is 8.87. The maximum absolute atomic E-state index is 12.6. The summed E-state index contributed by atoms with van der Waals surface area (Å²) in [4.78, 5) is 29.1. The van der Waals surface area contributed by atoms with Gasteiger partial charge >= 0.3 is 0 Å². The molecule has 0 unspecified atom stereocenters. The summed E-state index contributed by atoms with van der Waals surface area (Å²) >= 11 is 6.00. The lowest BCUT2D eigenvalue weighted by atomic mass is 9.94. The summed E-state index contributed by atoms with van der Waals surface area (Å²) in [5, 5.41) is 3.56. The number of piperidine rings is 2. The molecule has 26 heavy (non-hydrogen) atoms. The van der Waals surface area contributed by atoms with E-state index < -0.39 is 0 Å². The predicted molar refractivity (Wildman–Crippen MR) is 104 cm³/mol. The number of nitrogens with zero attached hydrogens (tertiary/aromatic N) is 2. The van der Waals surface area contributed by atoms with Crippen LogP contribution < -0.4 is 5.32 Å². The van der Waals surface area contributed by atoms with E-state index in [0.29, 0.717) is 17.5 Å². The van der Waals surface area contributed by atoms with Gasteiger partial charge in [-0.15, -0.1) is 0 Å². The van der Waals surface area contributed by atoms with Crippen LogP contribution in [0.1, 0.15) is 37.7 Å². The van der Waals surface area contributed by atoms with Crippen molar-refractivity contribution in [3.05, 3.63) is 28.8 Å². The first kappa shape index (κ1) is 19.2. The van der Waals surface area contributed by atoms with Gasteiger partial charge in [-0.3, -0.25) is 14.5 Å². The SMILES string of the molecule is Cc1ccc(Cl)cc1NC(=O)CN1CCC(C(=O)N2CCCCC2)CC1. The summed E-state index contributed by atoms with van der Waals surface area (Å²) < 4.78 is 0. The molecule has 1 aromatic carbocycles. The number of anilines is 1. The predicted octanol–water partition coefficient (Wildman–Crippen LogP) is 3.31. The van der Waals surface area contributed by atoms with Gasteiger partial charge in [0.1, 0.15) is 0 Å². The molecule has 2 heterocycles. The molecule has 5 nitrogen and oxygen atoms in total. The van der Waals surface area contributed by atoms with Crippen LogP contribution in [0.5, 0.6) is 0 Å². The van der Waals surface area contributed by atoms with Crippen LogP contribution in [0.2, 0.25) is 5.02 Å². The summed E-state index contributed by atoms with van der Waals surface area (Å²) in [6.45, 7) is 5.74. The number of nitrogens with one attached hydrogen (secondary N) is 1. The molecule has 0 saturated carbocycles. The zero-order chi connectivity index (χ0) is 18.5. The highest BCUT2D eigenvalue weighted by molar-refractivity contribution is 6.31. The molecule has 0 aromatic heterocycles. The van der Waals surface area contributed by atoms with Crippen molar-refractivity contribution in [2.75, 3.05) is 38.0 Å².